The molecule has 9 heteroatoms. The number of halogens is 2. The molecule has 0 bridgehead atoms. The van der Waals surface area contributed by atoms with Crippen molar-refractivity contribution >= 4 is 45.0 Å². The number of nitrogens with zero attached hydrogens (tertiary/aromatic N) is 5. The van der Waals surface area contributed by atoms with Crippen molar-refractivity contribution in [2.24, 2.45) is 0 Å². The third kappa shape index (κ3) is 5.17. The highest BCUT2D eigenvalue weighted by Gasteiger charge is 2.26. The molecule has 0 aliphatic rings. The molecule has 2 aromatic heterocycles. The van der Waals surface area contributed by atoms with Crippen LogP contribution in [-0.4, -0.2) is 51.8 Å². The summed E-state index contributed by atoms with van der Waals surface area (Å²) in [7, 11) is 0. The lowest BCUT2D eigenvalue weighted by atomic mass is 10.3. The average Bonchev–Trinajstić information content (AvgIpc) is 3.28. The standard InChI is InChI=1S/C21H28FN5OS.ClH/c1-6-25(7-2)10-11-26(20(28)18-12-15(5)24-27(18)14(3)4)21-23-17-9-8-16(22)13-19(17)29-21;/h8-9,12-14H,6-7,10-11H2,1-5H3;1H. The fraction of sp³-hybridized carbons (Fsp3) is 0.476. The Labute approximate surface area is 187 Å². The second kappa shape index (κ2) is 10.3. The number of fused-ring (bicyclic) bond motifs is 1. The SMILES string of the molecule is CCN(CC)CCN(C(=O)c1cc(C)nn1C(C)C)c1nc2ccc(F)cc2s1.Cl. The minimum atomic E-state index is -0.303. The van der Waals surface area contributed by atoms with Crippen molar-refractivity contribution in [1.82, 2.24) is 19.7 Å². The van der Waals surface area contributed by atoms with Crippen LogP contribution in [0.4, 0.5) is 9.52 Å². The molecule has 0 aliphatic carbocycles. The van der Waals surface area contributed by atoms with Crippen LogP contribution in [0.5, 0.6) is 0 Å². The van der Waals surface area contributed by atoms with Crippen LogP contribution in [0, 0.1) is 12.7 Å². The van der Waals surface area contributed by atoms with Gasteiger partial charge in [-0.05, 0) is 58.1 Å². The van der Waals surface area contributed by atoms with E-state index in [1.807, 2.05) is 26.8 Å². The van der Waals surface area contributed by atoms with Crippen molar-refractivity contribution in [3.63, 3.8) is 0 Å². The highest BCUT2D eigenvalue weighted by atomic mass is 35.5. The van der Waals surface area contributed by atoms with Gasteiger partial charge in [-0.1, -0.05) is 25.2 Å². The quantitative estimate of drug-likeness (QED) is 0.485. The molecule has 30 heavy (non-hydrogen) atoms. The molecule has 0 N–H and O–H groups in total. The van der Waals surface area contributed by atoms with Gasteiger partial charge in [-0.15, -0.1) is 12.4 Å². The van der Waals surface area contributed by atoms with Crippen LogP contribution in [0.3, 0.4) is 0 Å². The van der Waals surface area contributed by atoms with Gasteiger partial charge in [0.2, 0.25) is 0 Å². The maximum absolute atomic E-state index is 13.6. The van der Waals surface area contributed by atoms with Crippen molar-refractivity contribution in [3.05, 3.63) is 41.5 Å². The van der Waals surface area contributed by atoms with E-state index in [1.165, 1.54) is 23.5 Å². The molecule has 3 aromatic rings. The second-order valence-electron chi connectivity index (χ2n) is 7.30. The predicted octanol–water partition coefficient (Wildman–Crippen LogP) is 4.93. The molecule has 164 valence electrons. The summed E-state index contributed by atoms with van der Waals surface area (Å²) in [5.41, 5.74) is 2.04. The van der Waals surface area contributed by atoms with Gasteiger partial charge in [0.15, 0.2) is 5.13 Å². The highest BCUT2D eigenvalue weighted by molar-refractivity contribution is 7.22. The molecule has 0 radical (unpaired) electrons. The van der Waals surface area contributed by atoms with Gasteiger partial charge in [0.1, 0.15) is 11.5 Å². The Morgan fingerprint density at radius 2 is 1.90 bits per heavy atom. The van der Waals surface area contributed by atoms with Gasteiger partial charge in [-0.2, -0.15) is 5.10 Å². The minimum Gasteiger partial charge on any atom is -0.302 e. The molecule has 6 nitrogen and oxygen atoms in total. The van der Waals surface area contributed by atoms with E-state index in [1.54, 1.807) is 15.6 Å². The van der Waals surface area contributed by atoms with Crippen LogP contribution in [0.1, 0.15) is 49.9 Å². The monoisotopic (exact) mass is 453 g/mol. The number of thiazole rings is 1. The zero-order valence-corrected chi connectivity index (χ0v) is 19.7. The normalized spacial score (nSPS) is 11.3. The Morgan fingerprint density at radius 1 is 1.20 bits per heavy atom. The number of aromatic nitrogens is 3. The van der Waals surface area contributed by atoms with E-state index < -0.39 is 0 Å². The van der Waals surface area contributed by atoms with E-state index in [2.05, 4.69) is 28.8 Å². The maximum Gasteiger partial charge on any atom is 0.278 e. The largest absolute Gasteiger partial charge is 0.302 e. The molecule has 0 saturated carbocycles. The van der Waals surface area contributed by atoms with Crippen LogP contribution in [0.25, 0.3) is 10.2 Å². The van der Waals surface area contributed by atoms with Crippen molar-refractivity contribution in [3.8, 4) is 0 Å². The number of benzene rings is 1. The third-order valence-electron chi connectivity index (χ3n) is 4.92. The van der Waals surface area contributed by atoms with Gasteiger partial charge in [-0.25, -0.2) is 9.37 Å². The van der Waals surface area contributed by atoms with E-state index in [4.69, 9.17) is 0 Å². The first-order valence-electron chi connectivity index (χ1n) is 10.0. The molecule has 0 unspecified atom stereocenters. The molecule has 3 rings (SSSR count). The Hall–Kier alpha value is -2.03. The summed E-state index contributed by atoms with van der Waals surface area (Å²) in [4.78, 5) is 22.1. The Kier molecular flexibility index (Phi) is 8.34. The first kappa shape index (κ1) is 24.2. The van der Waals surface area contributed by atoms with Gasteiger partial charge in [0, 0.05) is 19.1 Å². The first-order valence-corrected chi connectivity index (χ1v) is 10.8. The molecular weight excluding hydrogens is 425 g/mol. The van der Waals surface area contributed by atoms with E-state index in [0.29, 0.717) is 22.9 Å². The summed E-state index contributed by atoms with van der Waals surface area (Å²) >= 11 is 1.34. The van der Waals surface area contributed by atoms with Gasteiger partial charge < -0.3 is 4.90 Å². The molecule has 0 atom stereocenters. The Balaban J connectivity index is 0.00000320. The summed E-state index contributed by atoms with van der Waals surface area (Å²) in [6.45, 7) is 13.2. The van der Waals surface area contributed by atoms with E-state index >= 15 is 0 Å². The number of rotatable bonds is 8. The zero-order valence-electron chi connectivity index (χ0n) is 18.1. The fourth-order valence-electron chi connectivity index (χ4n) is 3.28. The summed E-state index contributed by atoms with van der Waals surface area (Å²) < 4.78 is 16.1. The highest BCUT2D eigenvalue weighted by Crippen LogP contribution is 2.30. The molecule has 1 aromatic carbocycles. The van der Waals surface area contributed by atoms with E-state index in [9.17, 15) is 9.18 Å². The molecule has 1 amide bonds. The smallest absolute Gasteiger partial charge is 0.278 e. The topological polar surface area (TPSA) is 54.3 Å². The maximum atomic E-state index is 13.6. The molecule has 0 aliphatic heterocycles. The number of hydrogen-bond acceptors (Lipinski definition) is 5. The van der Waals surface area contributed by atoms with Crippen LogP contribution in [0.2, 0.25) is 0 Å². The fourth-order valence-corrected chi connectivity index (χ4v) is 4.29. The van der Waals surface area contributed by atoms with Crippen LogP contribution in [-0.2, 0) is 0 Å². The van der Waals surface area contributed by atoms with Crippen LogP contribution >= 0.6 is 23.7 Å². The zero-order chi connectivity index (χ0) is 21.1. The number of likely N-dealkylation sites (N-methyl/N-ethyl adjacent to an activating group) is 1. The lowest BCUT2D eigenvalue weighted by Crippen LogP contribution is -2.39. The number of carbonyl (C=O) groups is 1. The number of aryl methyl sites for hydroxylation is 1. The lowest BCUT2D eigenvalue weighted by molar-refractivity contribution is 0.0971. The summed E-state index contributed by atoms with van der Waals surface area (Å²) in [6, 6.07) is 6.40. The van der Waals surface area contributed by atoms with Gasteiger partial charge in [0.05, 0.1) is 15.9 Å². The number of amides is 1. The molecule has 0 saturated heterocycles. The molecular formula is C21H29ClFN5OS. The van der Waals surface area contributed by atoms with Crippen molar-refractivity contribution in [2.75, 3.05) is 31.1 Å². The van der Waals surface area contributed by atoms with E-state index in [-0.39, 0.29) is 30.2 Å². The summed E-state index contributed by atoms with van der Waals surface area (Å²) in [5, 5.41) is 5.06. The second-order valence-corrected chi connectivity index (χ2v) is 8.31. The third-order valence-corrected chi connectivity index (χ3v) is 5.96. The summed E-state index contributed by atoms with van der Waals surface area (Å²) in [5.74, 6) is -0.437. The average molecular weight is 454 g/mol. The molecule has 0 fully saturated rings. The van der Waals surface area contributed by atoms with Crippen LogP contribution < -0.4 is 4.90 Å². The number of hydrogen-bond donors (Lipinski definition) is 0. The van der Waals surface area contributed by atoms with Crippen molar-refractivity contribution < 1.29 is 9.18 Å². The van der Waals surface area contributed by atoms with Crippen molar-refractivity contribution in [1.29, 1.82) is 0 Å². The van der Waals surface area contributed by atoms with Crippen molar-refractivity contribution in [2.45, 2.75) is 40.7 Å². The van der Waals surface area contributed by atoms with E-state index in [0.717, 1.165) is 30.0 Å². The predicted molar refractivity (Wildman–Crippen MR) is 124 cm³/mol. The van der Waals surface area contributed by atoms with Gasteiger partial charge >= 0.3 is 0 Å². The van der Waals surface area contributed by atoms with Crippen LogP contribution in [0.15, 0.2) is 24.3 Å². The first-order chi connectivity index (χ1) is 13.8. The number of carbonyl (C=O) groups excluding carboxylic acids is 1. The number of anilines is 1. The Bertz CT molecular complexity index is 999. The minimum absolute atomic E-state index is 0. The Morgan fingerprint density at radius 3 is 2.53 bits per heavy atom. The lowest BCUT2D eigenvalue weighted by Gasteiger charge is -2.25. The summed E-state index contributed by atoms with van der Waals surface area (Å²) in [6.07, 6.45) is 0. The van der Waals surface area contributed by atoms with Gasteiger partial charge in [0.25, 0.3) is 5.91 Å². The van der Waals surface area contributed by atoms with Gasteiger partial charge in [-0.3, -0.25) is 14.4 Å². The molecule has 2 heterocycles. The molecule has 0 spiro atoms.